The molecular formula is C19H24O7. The van der Waals surface area contributed by atoms with Gasteiger partial charge in [-0.15, -0.1) is 0 Å². The molecule has 1 aliphatic rings. The van der Waals surface area contributed by atoms with Crippen molar-refractivity contribution >= 4 is 5.97 Å². The van der Waals surface area contributed by atoms with Crippen molar-refractivity contribution in [3.8, 4) is 11.8 Å². The van der Waals surface area contributed by atoms with Crippen LogP contribution in [0.25, 0.3) is 0 Å². The van der Waals surface area contributed by atoms with Crippen LogP contribution in [0.15, 0.2) is 24.3 Å². The molecule has 7 nitrogen and oxygen atoms in total. The van der Waals surface area contributed by atoms with Crippen molar-refractivity contribution in [1.29, 1.82) is 0 Å². The molecular weight excluding hydrogens is 340 g/mol. The molecule has 4 N–H and O–H groups in total. The van der Waals surface area contributed by atoms with Crippen molar-refractivity contribution < 1.29 is 34.7 Å². The van der Waals surface area contributed by atoms with E-state index in [2.05, 4.69) is 18.8 Å². The first-order valence-electron chi connectivity index (χ1n) is 8.59. The summed E-state index contributed by atoms with van der Waals surface area (Å²) >= 11 is 0. The Morgan fingerprint density at radius 2 is 1.92 bits per heavy atom. The summed E-state index contributed by atoms with van der Waals surface area (Å²) in [6.07, 6.45) is -4.72. The zero-order valence-electron chi connectivity index (χ0n) is 14.5. The fourth-order valence-electron chi connectivity index (χ4n) is 2.53. The Hall–Kier alpha value is -1.95. The van der Waals surface area contributed by atoms with Gasteiger partial charge >= 0.3 is 5.97 Å². The first-order valence-corrected chi connectivity index (χ1v) is 8.59. The number of hydrogen-bond acceptors (Lipinski definition) is 7. The average molecular weight is 364 g/mol. The van der Waals surface area contributed by atoms with Crippen molar-refractivity contribution in [2.75, 3.05) is 6.61 Å². The van der Waals surface area contributed by atoms with Gasteiger partial charge in [-0.3, -0.25) is 0 Å². The second kappa shape index (κ2) is 9.67. The lowest BCUT2D eigenvalue weighted by Crippen LogP contribution is -2.59. The first-order chi connectivity index (χ1) is 12.5. The number of unbranched alkanes of at least 4 members (excludes halogenated alkanes) is 2. The fraction of sp³-hybridized carbons (Fsp3) is 0.526. The minimum Gasteiger partial charge on any atom is -0.429 e. The molecule has 1 saturated heterocycles. The molecule has 1 aliphatic heterocycles. The van der Waals surface area contributed by atoms with Gasteiger partial charge in [0.05, 0.1) is 12.2 Å². The van der Waals surface area contributed by atoms with Crippen molar-refractivity contribution in [2.45, 2.75) is 56.9 Å². The topological polar surface area (TPSA) is 116 Å². The predicted octanol–water partition coefficient (Wildman–Crippen LogP) is 0.185. The standard InChI is InChI=1S/C19H24O7/c1-2-3-4-5-8-12-9-6-7-10-13(12)18(24)26-19-17(23)16(22)15(21)14(11-20)25-19/h6-7,9-10,14-17,19-23H,2-4,11H2,1H3/t14-,15-,16+,17-,19+/m1/s1. The minimum atomic E-state index is -1.64. The van der Waals surface area contributed by atoms with Gasteiger partial charge in [0, 0.05) is 12.0 Å². The third kappa shape index (κ3) is 4.81. The number of benzene rings is 1. The van der Waals surface area contributed by atoms with E-state index in [1.807, 2.05) is 0 Å². The van der Waals surface area contributed by atoms with Crippen LogP contribution in [-0.2, 0) is 9.47 Å². The van der Waals surface area contributed by atoms with Gasteiger partial charge < -0.3 is 29.9 Å². The lowest BCUT2D eigenvalue weighted by molar-refractivity contribution is -0.285. The molecule has 0 spiro atoms. The first kappa shape index (κ1) is 20.4. The van der Waals surface area contributed by atoms with Gasteiger partial charge in [0.25, 0.3) is 0 Å². The summed E-state index contributed by atoms with van der Waals surface area (Å²) in [7, 11) is 0. The summed E-state index contributed by atoms with van der Waals surface area (Å²) in [5.74, 6) is 5.14. The highest BCUT2D eigenvalue weighted by molar-refractivity contribution is 5.92. The van der Waals surface area contributed by atoms with E-state index in [1.165, 1.54) is 6.07 Å². The molecule has 0 amide bonds. The molecule has 0 aliphatic carbocycles. The number of ether oxygens (including phenoxy) is 2. The molecule has 7 heteroatoms. The quantitative estimate of drug-likeness (QED) is 0.335. The van der Waals surface area contributed by atoms with E-state index in [-0.39, 0.29) is 5.56 Å². The van der Waals surface area contributed by atoms with Crippen LogP contribution in [-0.4, -0.2) is 63.7 Å². The van der Waals surface area contributed by atoms with Crippen LogP contribution in [0.5, 0.6) is 0 Å². The highest BCUT2D eigenvalue weighted by Gasteiger charge is 2.45. The molecule has 26 heavy (non-hydrogen) atoms. The van der Waals surface area contributed by atoms with Crippen molar-refractivity contribution in [3.05, 3.63) is 35.4 Å². The second-order valence-corrected chi connectivity index (χ2v) is 6.05. The second-order valence-electron chi connectivity index (χ2n) is 6.05. The molecule has 2 rings (SSSR count). The van der Waals surface area contributed by atoms with E-state index in [9.17, 15) is 25.2 Å². The summed E-state index contributed by atoms with van der Waals surface area (Å²) < 4.78 is 10.3. The fourth-order valence-corrected chi connectivity index (χ4v) is 2.53. The Labute approximate surface area is 152 Å². The molecule has 1 aromatic carbocycles. The molecule has 0 radical (unpaired) electrons. The summed E-state index contributed by atoms with van der Waals surface area (Å²) in [6.45, 7) is 1.46. The van der Waals surface area contributed by atoms with E-state index in [0.29, 0.717) is 12.0 Å². The van der Waals surface area contributed by atoms with Gasteiger partial charge in [0.2, 0.25) is 6.29 Å². The molecule has 0 aromatic heterocycles. The lowest BCUT2D eigenvalue weighted by Gasteiger charge is -2.39. The molecule has 1 fully saturated rings. The number of aliphatic hydroxyl groups is 4. The van der Waals surface area contributed by atoms with Gasteiger partial charge in [-0.2, -0.15) is 0 Å². The lowest BCUT2D eigenvalue weighted by atomic mass is 9.99. The van der Waals surface area contributed by atoms with Crippen LogP contribution in [0.4, 0.5) is 0 Å². The highest BCUT2D eigenvalue weighted by Crippen LogP contribution is 2.23. The maximum Gasteiger partial charge on any atom is 0.341 e. The van der Waals surface area contributed by atoms with Crippen LogP contribution < -0.4 is 0 Å². The normalized spacial score (nSPS) is 28.1. The minimum absolute atomic E-state index is 0.202. The van der Waals surface area contributed by atoms with Crippen molar-refractivity contribution in [3.63, 3.8) is 0 Å². The largest absolute Gasteiger partial charge is 0.429 e. The number of carbonyl (C=O) groups excluding carboxylic acids is 1. The van der Waals surface area contributed by atoms with Crippen LogP contribution >= 0.6 is 0 Å². The molecule has 0 unspecified atom stereocenters. The van der Waals surface area contributed by atoms with E-state index in [1.54, 1.807) is 18.2 Å². The number of hydrogen-bond donors (Lipinski definition) is 4. The smallest absolute Gasteiger partial charge is 0.341 e. The Balaban J connectivity index is 2.13. The number of carbonyl (C=O) groups is 1. The third-order valence-electron chi connectivity index (χ3n) is 4.10. The maximum atomic E-state index is 12.5. The molecule has 1 heterocycles. The average Bonchev–Trinajstić information content (AvgIpc) is 2.66. The zero-order chi connectivity index (χ0) is 19.1. The van der Waals surface area contributed by atoms with Crippen molar-refractivity contribution in [1.82, 2.24) is 0 Å². The Morgan fingerprint density at radius 1 is 1.19 bits per heavy atom. The molecule has 1 aromatic rings. The van der Waals surface area contributed by atoms with E-state index in [4.69, 9.17) is 9.47 Å². The number of esters is 1. The zero-order valence-corrected chi connectivity index (χ0v) is 14.5. The number of aliphatic hydroxyl groups excluding tert-OH is 4. The Morgan fingerprint density at radius 3 is 2.62 bits per heavy atom. The van der Waals surface area contributed by atoms with Crippen LogP contribution in [0.2, 0.25) is 0 Å². The maximum absolute atomic E-state index is 12.5. The summed E-state index contributed by atoms with van der Waals surface area (Å²) in [6, 6.07) is 6.62. The van der Waals surface area contributed by atoms with Crippen LogP contribution in [0.3, 0.4) is 0 Å². The summed E-state index contributed by atoms with van der Waals surface area (Å²) in [5, 5.41) is 38.7. The van der Waals surface area contributed by atoms with Crippen LogP contribution in [0, 0.1) is 11.8 Å². The van der Waals surface area contributed by atoms with E-state index < -0.39 is 43.3 Å². The van der Waals surface area contributed by atoms with Gasteiger partial charge in [-0.25, -0.2) is 4.79 Å². The Kier molecular flexibility index (Phi) is 7.57. The van der Waals surface area contributed by atoms with Gasteiger partial charge in [-0.1, -0.05) is 37.3 Å². The molecule has 5 atom stereocenters. The highest BCUT2D eigenvalue weighted by atomic mass is 16.7. The number of rotatable bonds is 5. The third-order valence-corrected chi connectivity index (χ3v) is 4.10. The monoisotopic (exact) mass is 364 g/mol. The van der Waals surface area contributed by atoms with Gasteiger partial charge in [-0.05, 0) is 18.6 Å². The Bertz CT molecular complexity index is 661. The summed E-state index contributed by atoms with van der Waals surface area (Å²) in [5.41, 5.74) is 0.687. The molecule has 142 valence electrons. The SMILES string of the molecule is CCCCC#Cc1ccccc1C(=O)O[C@@H]1O[C@H](CO)[C@@H](O)[C@H](O)[C@H]1O. The van der Waals surface area contributed by atoms with E-state index in [0.717, 1.165) is 12.8 Å². The molecule has 0 saturated carbocycles. The van der Waals surface area contributed by atoms with Gasteiger partial charge in [0.15, 0.2) is 0 Å². The van der Waals surface area contributed by atoms with Crippen LogP contribution in [0.1, 0.15) is 42.1 Å². The summed E-state index contributed by atoms with van der Waals surface area (Å²) in [4.78, 5) is 12.5. The van der Waals surface area contributed by atoms with Crippen molar-refractivity contribution in [2.24, 2.45) is 0 Å². The predicted molar refractivity (Wildman–Crippen MR) is 92.0 cm³/mol. The van der Waals surface area contributed by atoms with Gasteiger partial charge in [0.1, 0.15) is 24.4 Å². The molecule has 0 bridgehead atoms. The van der Waals surface area contributed by atoms with E-state index >= 15 is 0 Å².